The molecular weight excluding hydrogens is 586 g/mol. The molecule has 0 atom stereocenters. The summed E-state index contributed by atoms with van der Waals surface area (Å²) in [4.78, 5) is 23.1. The minimum atomic E-state index is -4.47. The molecule has 1 heterocycles. The first-order valence-electron chi connectivity index (χ1n) is 11.7. The Bertz CT molecular complexity index is 1650. The monoisotopic (exact) mass is 609 g/mol. The molecule has 39 heavy (non-hydrogen) atoms. The summed E-state index contributed by atoms with van der Waals surface area (Å²) in [5.74, 6) is -0.723. The van der Waals surface area contributed by atoms with Gasteiger partial charge in [0.15, 0.2) is 4.90 Å². The van der Waals surface area contributed by atoms with Gasteiger partial charge in [0.25, 0.3) is 21.6 Å². The zero-order valence-electron chi connectivity index (χ0n) is 21.0. The Morgan fingerprint density at radius 1 is 1.05 bits per heavy atom. The van der Waals surface area contributed by atoms with E-state index in [0.29, 0.717) is 0 Å². The normalized spacial score (nSPS) is 11.5. The molecule has 4 rings (SSSR count). The second-order valence-electron chi connectivity index (χ2n) is 8.50. The van der Waals surface area contributed by atoms with Gasteiger partial charge in [-0.3, -0.25) is 19.2 Å². The van der Waals surface area contributed by atoms with Crippen molar-refractivity contribution in [1.29, 1.82) is 0 Å². The molecule has 1 amide bonds. The van der Waals surface area contributed by atoms with Gasteiger partial charge in [0.1, 0.15) is 6.54 Å². The SMILES string of the molecule is Cc1cc(/C=N\NC(=O)CN(c2ccccc2)S(=O)(=O)c2ccccc2[N+](=O)[O-])c(C)n1-c1ccc(Br)cc1. The number of nitrogens with one attached hydrogen (secondary N) is 1. The fourth-order valence-electron chi connectivity index (χ4n) is 4.10. The van der Waals surface area contributed by atoms with Crippen LogP contribution in [-0.4, -0.2) is 36.6 Å². The molecule has 200 valence electrons. The molecule has 0 aliphatic rings. The number of aromatic nitrogens is 1. The highest BCUT2D eigenvalue weighted by Crippen LogP contribution is 2.29. The Balaban J connectivity index is 1.57. The van der Waals surface area contributed by atoms with E-state index in [1.165, 1.54) is 30.5 Å². The Kier molecular flexibility index (Phi) is 8.27. The molecule has 0 fully saturated rings. The number of aryl methyl sites for hydroxylation is 1. The lowest BCUT2D eigenvalue weighted by Crippen LogP contribution is -2.39. The molecule has 0 radical (unpaired) electrons. The molecular formula is C27H24BrN5O5S. The van der Waals surface area contributed by atoms with Crippen molar-refractivity contribution in [3.8, 4) is 5.69 Å². The number of hydrazone groups is 1. The van der Waals surface area contributed by atoms with Gasteiger partial charge in [-0.1, -0.05) is 46.3 Å². The second-order valence-corrected chi connectivity index (χ2v) is 11.2. The third-order valence-corrected chi connectivity index (χ3v) is 8.26. The third-order valence-electron chi connectivity index (χ3n) is 5.91. The summed E-state index contributed by atoms with van der Waals surface area (Å²) < 4.78 is 30.9. The van der Waals surface area contributed by atoms with Gasteiger partial charge in [-0.25, -0.2) is 13.8 Å². The van der Waals surface area contributed by atoms with Crippen LogP contribution in [0.25, 0.3) is 5.69 Å². The number of carbonyl (C=O) groups is 1. The summed E-state index contributed by atoms with van der Waals surface area (Å²) in [6.45, 7) is 3.23. The van der Waals surface area contributed by atoms with Crippen molar-refractivity contribution >= 4 is 49.4 Å². The lowest BCUT2D eigenvalue weighted by molar-refractivity contribution is -0.387. The predicted octanol–water partition coefficient (Wildman–Crippen LogP) is 5.11. The zero-order valence-corrected chi connectivity index (χ0v) is 23.4. The largest absolute Gasteiger partial charge is 0.318 e. The molecule has 0 spiro atoms. The molecule has 12 heteroatoms. The molecule has 0 unspecified atom stereocenters. The van der Waals surface area contributed by atoms with Crippen molar-refractivity contribution in [2.75, 3.05) is 10.8 Å². The Labute approximate surface area is 233 Å². The predicted molar refractivity (Wildman–Crippen MR) is 153 cm³/mol. The van der Waals surface area contributed by atoms with Crippen molar-refractivity contribution in [3.05, 3.63) is 116 Å². The molecule has 1 aromatic heterocycles. The lowest BCUT2D eigenvalue weighted by Gasteiger charge is -2.23. The van der Waals surface area contributed by atoms with Gasteiger partial charge < -0.3 is 4.57 Å². The van der Waals surface area contributed by atoms with Gasteiger partial charge in [-0.05, 0) is 62.4 Å². The summed E-state index contributed by atoms with van der Waals surface area (Å²) >= 11 is 3.43. The molecule has 0 aliphatic heterocycles. The van der Waals surface area contributed by atoms with E-state index >= 15 is 0 Å². The molecule has 0 saturated heterocycles. The summed E-state index contributed by atoms with van der Waals surface area (Å²) in [5, 5.41) is 15.5. The summed E-state index contributed by atoms with van der Waals surface area (Å²) in [5.41, 5.74) is 5.56. The number of benzene rings is 3. The average Bonchev–Trinajstić information content (AvgIpc) is 3.20. The molecule has 4 aromatic rings. The third kappa shape index (κ3) is 6.07. The summed E-state index contributed by atoms with van der Waals surface area (Å²) in [7, 11) is -4.47. The molecule has 3 aromatic carbocycles. The van der Waals surface area contributed by atoms with Gasteiger partial charge in [0.05, 0.1) is 16.8 Å². The first-order chi connectivity index (χ1) is 18.6. The number of amides is 1. The highest BCUT2D eigenvalue weighted by atomic mass is 79.9. The maximum absolute atomic E-state index is 13.5. The zero-order chi connectivity index (χ0) is 28.2. The van der Waals surface area contributed by atoms with E-state index < -0.39 is 38.0 Å². The number of nitro benzene ring substituents is 1. The summed E-state index contributed by atoms with van der Waals surface area (Å²) in [6.07, 6.45) is 1.49. The van der Waals surface area contributed by atoms with Gasteiger partial charge in [-0.2, -0.15) is 5.10 Å². The van der Waals surface area contributed by atoms with Crippen molar-refractivity contribution < 1.29 is 18.1 Å². The van der Waals surface area contributed by atoms with Gasteiger partial charge in [-0.15, -0.1) is 0 Å². The number of carbonyl (C=O) groups excluding carboxylic acids is 1. The van der Waals surface area contributed by atoms with Gasteiger partial charge in [0.2, 0.25) is 0 Å². The van der Waals surface area contributed by atoms with Crippen molar-refractivity contribution in [2.45, 2.75) is 18.7 Å². The molecule has 0 bridgehead atoms. The summed E-state index contributed by atoms with van der Waals surface area (Å²) in [6, 6.07) is 22.7. The van der Waals surface area contributed by atoms with E-state index in [1.807, 2.05) is 48.7 Å². The molecule has 0 saturated carbocycles. The molecule has 0 aliphatic carbocycles. The Morgan fingerprint density at radius 3 is 2.36 bits per heavy atom. The van der Waals surface area contributed by atoms with Crippen LogP contribution in [-0.2, 0) is 14.8 Å². The van der Waals surface area contributed by atoms with Crippen molar-refractivity contribution in [3.63, 3.8) is 0 Å². The van der Waals surface area contributed by atoms with E-state index in [0.717, 1.165) is 43.5 Å². The van der Waals surface area contributed by atoms with Crippen LogP contribution in [0.4, 0.5) is 11.4 Å². The first kappa shape index (κ1) is 27.7. The number of halogens is 1. The van der Waals surface area contributed by atoms with Gasteiger partial charge in [0, 0.05) is 33.2 Å². The number of hydrogen-bond donors (Lipinski definition) is 1. The highest BCUT2D eigenvalue weighted by Gasteiger charge is 2.33. The van der Waals surface area contributed by atoms with Crippen LogP contribution in [0.1, 0.15) is 17.0 Å². The average molecular weight is 610 g/mol. The number of hydrogen-bond acceptors (Lipinski definition) is 6. The van der Waals surface area contributed by atoms with Crippen LogP contribution in [0, 0.1) is 24.0 Å². The van der Waals surface area contributed by atoms with Crippen LogP contribution in [0.2, 0.25) is 0 Å². The maximum Gasteiger partial charge on any atom is 0.289 e. The molecule has 1 N–H and O–H groups in total. The highest BCUT2D eigenvalue weighted by molar-refractivity contribution is 9.10. The van der Waals surface area contributed by atoms with Crippen molar-refractivity contribution in [1.82, 2.24) is 9.99 Å². The van der Waals surface area contributed by atoms with E-state index in [4.69, 9.17) is 0 Å². The second kappa shape index (κ2) is 11.6. The van der Waals surface area contributed by atoms with Gasteiger partial charge >= 0.3 is 0 Å². The number of nitrogens with zero attached hydrogens (tertiary/aromatic N) is 4. The van der Waals surface area contributed by atoms with Crippen LogP contribution in [0.3, 0.4) is 0 Å². The Morgan fingerprint density at radius 2 is 1.69 bits per heavy atom. The quantitative estimate of drug-likeness (QED) is 0.160. The van der Waals surface area contributed by atoms with Crippen LogP contribution >= 0.6 is 15.9 Å². The number of anilines is 1. The standard InChI is InChI=1S/C27H24BrN5O5S/c1-19-16-21(20(2)32(19)24-14-12-22(28)13-15-24)17-29-30-27(34)18-31(23-8-4-3-5-9-23)39(37,38)26-11-7-6-10-25(26)33(35)36/h3-17H,18H2,1-2H3,(H,30,34)/b29-17-. The van der Waals surface area contributed by atoms with E-state index in [9.17, 15) is 23.3 Å². The smallest absolute Gasteiger partial charge is 0.289 e. The lowest BCUT2D eigenvalue weighted by atomic mass is 10.2. The fourth-order valence-corrected chi connectivity index (χ4v) is 5.95. The van der Waals surface area contributed by atoms with Crippen LogP contribution in [0.5, 0.6) is 0 Å². The first-order valence-corrected chi connectivity index (χ1v) is 13.9. The minimum Gasteiger partial charge on any atom is -0.318 e. The Hall–Kier alpha value is -4.29. The number of para-hydroxylation sites is 2. The van der Waals surface area contributed by atoms with Crippen LogP contribution in [0.15, 0.2) is 99.4 Å². The van der Waals surface area contributed by atoms with Crippen LogP contribution < -0.4 is 9.73 Å². The van der Waals surface area contributed by atoms with E-state index in [2.05, 4.69) is 26.5 Å². The number of sulfonamides is 1. The maximum atomic E-state index is 13.5. The minimum absolute atomic E-state index is 0.174. The van der Waals surface area contributed by atoms with Crippen molar-refractivity contribution in [2.24, 2.45) is 5.10 Å². The van der Waals surface area contributed by atoms with E-state index in [-0.39, 0.29) is 5.69 Å². The molecule has 10 nitrogen and oxygen atoms in total. The number of nitro groups is 1. The topological polar surface area (TPSA) is 127 Å². The number of rotatable bonds is 9. The van der Waals surface area contributed by atoms with E-state index in [1.54, 1.807) is 18.2 Å². The fraction of sp³-hybridized carbons (Fsp3) is 0.111.